The van der Waals surface area contributed by atoms with Crippen molar-refractivity contribution in [2.24, 2.45) is 29.6 Å². The summed E-state index contributed by atoms with van der Waals surface area (Å²) in [4.78, 5) is 0. The zero-order valence-corrected chi connectivity index (χ0v) is 21.5. The maximum atomic E-state index is 6.28. The molecule has 0 amide bonds. The molecule has 1 aromatic rings. The normalized spacial score (nSPS) is 11.7. The first-order chi connectivity index (χ1) is 14.5. The quantitative estimate of drug-likeness (QED) is 0.299. The molecule has 31 heavy (non-hydrogen) atoms. The van der Waals surface area contributed by atoms with E-state index in [2.05, 4.69) is 69.2 Å². The van der Waals surface area contributed by atoms with Crippen LogP contribution in [0.3, 0.4) is 0 Å². The van der Waals surface area contributed by atoms with Crippen molar-refractivity contribution in [3.05, 3.63) is 6.07 Å². The van der Waals surface area contributed by atoms with Gasteiger partial charge in [0.15, 0.2) is 11.5 Å². The van der Waals surface area contributed by atoms with Crippen molar-refractivity contribution in [2.45, 2.75) is 69.2 Å². The highest BCUT2D eigenvalue weighted by Gasteiger charge is 2.26. The third-order valence-electron chi connectivity index (χ3n) is 3.95. The molecule has 0 spiro atoms. The smallest absolute Gasteiger partial charge is 0.211 e. The molecule has 1 rings (SSSR count). The van der Waals surface area contributed by atoms with E-state index in [1.807, 2.05) is 6.07 Å². The molecule has 5 nitrogen and oxygen atoms in total. The van der Waals surface area contributed by atoms with E-state index in [1.165, 1.54) is 0 Å². The topological polar surface area (TPSA) is 46.2 Å². The molecule has 0 atom stereocenters. The predicted molar refractivity (Wildman–Crippen MR) is 128 cm³/mol. The molecule has 0 heterocycles. The van der Waals surface area contributed by atoms with Crippen molar-refractivity contribution < 1.29 is 23.7 Å². The molecule has 0 radical (unpaired) electrons. The van der Waals surface area contributed by atoms with Gasteiger partial charge in [0.1, 0.15) is 0 Å². The number of hydrogen-bond donors (Lipinski definition) is 0. The Morgan fingerprint density at radius 1 is 0.419 bits per heavy atom. The standard InChI is InChI=1S/C26H46O5/c1-17(2)12-27-22-11-23(28-13-18(3)4)25(30-15-20(7)8)26(31-16-21(9)10)24(22)29-14-19(5)6/h11,17-21H,12-16H2,1-10H3. The molecule has 1 aromatic carbocycles. The molecule has 0 aliphatic heterocycles. The third-order valence-corrected chi connectivity index (χ3v) is 3.95. The molecule has 5 heteroatoms. The Kier molecular flexibility index (Phi) is 12.0. The molecule has 0 aliphatic carbocycles. The molecule has 0 aromatic heterocycles. The van der Waals surface area contributed by atoms with Crippen molar-refractivity contribution >= 4 is 0 Å². The van der Waals surface area contributed by atoms with Gasteiger partial charge in [-0.2, -0.15) is 0 Å². The van der Waals surface area contributed by atoms with Crippen molar-refractivity contribution in [3.8, 4) is 28.7 Å². The Labute approximate surface area is 190 Å². The van der Waals surface area contributed by atoms with Crippen LogP contribution in [0.15, 0.2) is 6.07 Å². The Morgan fingerprint density at radius 2 is 0.677 bits per heavy atom. The van der Waals surface area contributed by atoms with Gasteiger partial charge in [-0.05, 0) is 29.6 Å². The second-order valence-electron chi connectivity index (χ2n) is 10.4. The van der Waals surface area contributed by atoms with Crippen LogP contribution in [0, 0.1) is 29.6 Å². The maximum absolute atomic E-state index is 6.28. The number of benzene rings is 1. The van der Waals surface area contributed by atoms with Crippen LogP contribution < -0.4 is 23.7 Å². The van der Waals surface area contributed by atoms with E-state index in [9.17, 15) is 0 Å². The number of hydrogen-bond acceptors (Lipinski definition) is 5. The van der Waals surface area contributed by atoms with Gasteiger partial charge in [-0.15, -0.1) is 0 Å². The Bertz CT molecular complexity index is 589. The van der Waals surface area contributed by atoms with Gasteiger partial charge in [-0.1, -0.05) is 69.2 Å². The first-order valence-electron chi connectivity index (χ1n) is 11.9. The van der Waals surface area contributed by atoms with E-state index in [-0.39, 0.29) is 0 Å². The Hall–Kier alpha value is -1.78. The summed E-state index contributed by atoms with van der Waals surface area (Å²) in [5.74, 6) is 4.93. The van der Waals surface area contributed by atoms with Crippen LogP contribution in [0.4, 0.5) is 0 Å². The maximum Gasteiger partial charge on any atom is 0.211 e. The summed E-state index contributed by atoms with van der Waals surface area (Å²) in [6.45, 7) is 24.1. The average Bonchev–Trinajstić information content (AvgIpc) is 2.65. The summed E-state index contributed by atoms with van der Waals surface area (Å²) in [5, 5.41) is 0. The van der Waals surface area contributed by atoms with Gasteiger partial charge in [0.05, 0.1) is 33.0 Å². The van der Waals surface area contributed by atoms with Gasteiger partial charge in [-0.3, -0.25) is 0 Å². The van der Waals surface area contributed by atoms with E-state index < -0.39 is 0 Å². The molecule has 0 saturated heterocycles. The van der Waals surface area contributed by atoms with Crippen LogP contribution in [0.1, 0.15) is 69.2 Å². The minimum absolute atomic E-state index is 0.358. The Morgan fingerprint density at radius 3 is 0.968 bits per heavy atom. The molecular formula is C26H46O5. The van der Waals surface area contributed by atoms with Gasteiger partial charge in [0.25, 0.3) is 0 Å². The van der Waals surface area contributed by atoms with Crippen molar-refractivity contribution in [1.29, 1.82) is 0 Å². The average molecular weight is 439 g/mol. The lowest BCUT2D eigenvalue weighted by Gasteiger charge is -2.24. The van der Waals surface area contributed by atoms with Crippen LogP contribution in [0.5, 0.6) is 28.7 Å². The zero-order valence-electron chi connectivity index (χ0n) is 21.5. The zero-order chi connectivity index (χ0) is 23.6. The fourth-order valence-corrected chi connectivity index (χ4v) is 2.46. The lowest BCUT2D eigenvalue weighted by Crippen LogP contribution is -2.15. The van der Waals surface area contributed by atoms with Crippen LogP contribution in [0.25, 0.3) is 0 Å². The molecule has 0 aliphatic rings. The highest BCUT2D eigenvalue weighted by Crippen LogP contribution is 2.51. The monoisotopic (exact) mass is 438 g/mol. The fraction of sp³-hybridized carbons (Fsp3) is 0.769. The predicted octanol–water partition coefficient (Wildman–Crippen LogP) is 6.86. The lowest BCUT2D eigenvalue weighted by atomic mass is 10.2. The van der Waals surface area contributed by atoms with Gasteiger partial charge >= 0.3 is 0 Å². The van der Waals surface area contributed by atoms with Crippen LogP contribution in [0.2, 0.25) is 0 Å². The summed E-state index contributed by atoms with van der Waals surface area (Å²) >= 11 is 0. The minimum Gasteiger partial charge on any atom is -0.489 e. The molecule has 0 saturated carbocycles. The third kappa shape index (κ3) is 10.4. The molecule has 0 bridgehead atoms. The van der Waals surface area contributed by atoms with E-state index in [1.54, 1.807) is 0 Å². The summed E-state index contributed by atoms with van der Waals surface area (Å²) < 4.78 is 31.1. The van der Waals surface area contributed by atoms with Crippen molar-refractivity contribution in [1.82, 2.24) is 0 Å². The summed E-state index contributed by atoms with van der Waals surface area (Å²) in [6.07, 6.45) is 0. The van der Waals surface area contributed by atoms with E-state index in [4.69, 9.17) is 23.7 Å². The first-order valence-corrected chi connectivity index (χ1v) is 11.9. The van der Waals surface area contributed by atoms with Gasteiger partial charge in [0, 0.05) is 6.07 Å². The summed E-state index contributed by atoms with van der Waals surface area (Å²) in [6, 6.07) is 1.90. The molecule has 180 valence electrons. The van der Waals surface area contributed by atoms with E-state index >= 15 is 0 Å². The van der Waals surface area contributed by atoms with Crippen LogP contribution >= 0.6 is 0 Å². The lowest BCUT2D eigenvalue weighted by molar-refractivity contribution is 0.182. The first kappa shape index (κ1) is 27.3. The molecular weight excluding hydrogens is 392 g/mol. The Balaban J connectivity index is 3.56. The van der Waals surface area contributed by atoms with Crippen LogP contribution in [-0.2, 0) is 0 Å². The van der Waals surface area contributed by atoms with Crippen molar-refractivity contribution in [2.75, 3.05) is 33.0 Å². The second kappa shape index (κ2) is 13.6. The highest BCUT2D eigenvalue weighted by molar-refractivity contribution is 5.65. The van der Waals surface area contributed by atoms with Crippen molar-refractivity contribution in [3.63, 3.8) is 0 Å². The minimum atomic E-state index is 0.358. The van der Waals surface area contributed by atoms with Crippen LogP contribution in [-0.4, -0.2) is 33.0 Å². The van der Waals surface area contributed by atoms with E-state index in [0.717, 1.165) is 0 Å². The second-order valence-corrected chi connectivity index (χ2v) is 10.4. The number of ether oxygens (including phenoxy) is 5. The largest absolute Gasteiger partial charge is 0.489 e. The summed E-state index contributed by atoms with van der Waals surface area (Å²) in [5.41, 5.74) is 0. The molecule has 0 unspecified atom stereocenters. The molecule has 0 fully saturated rings. The van der Waals surface area contributed by atoms with Gasteiger partial charge < -0.3 is 23.7 Å². The van der Waals surface area contributed by atoms with Gasteiger partial charge in [0.2, 0.25) is 17.2 Å². The number of rotatable bonds is 15. The SMILES string of the molecule is CC(C)COc1cc(OCC(C)C)c(OCC(C)C)c(OCC(C)C)c1OCC(C)C. The summed E-state index contributed by atoms with van der Waals surface area (Å²) in [7, 11) is 0. The van der Waals surface area contributed by atoms with Gasteiger partial charge in [-0.25, -0.2) is 0 Å². The highest BCUT2D eigenvalue weighted by atomic mass is 16.6. The molecule has 0 N–H and O–H groups in total. The van der Waals surface area contributed by atoms with E-state index in [0.29, 0.717) is 91.4 Å². The fourth-order valence-electron chi connectivity index (χ4n) is 2.46.